The summed E-state index contributed by atoms with van der Waals surface area (Å²) < 4.78 is 2.27. The van der Waals surface area contributed by atoms with E-state index in [2.05, 4.69) is 41.7 Å². The first-order chi connectivity index (χ1) is 9.63. The summed E-state index contributed by atoms with van der Waals surface area (Å²) in [5.41, 5.74) is 2.51. The number of fused-ring (bicyclic) bond motifs is 1. The predicted molar refractivity (Wildman–Crippen MR) is 85.4 cm³/mol. The van der Waals surface area contributed by atoms with Crippen molar-refractivity contribution in [3.05, 3.63) is 22.5 Å². The number of hydrogen-bond acceptors (Lipinski definition) is 3. The Labute approximate surface area is 125 Å². The smallest absolute Gasteiger partial charge is 0.194 e. The van der Waals surface area contributed by atoms with Gasteiger partial charge in [0.1, 0.15) is 0 Å². The molecule has 1 aliphatic carbocycles. The molecular weight excluding hydrogens is 266 g/mol. The minimum atomic E-state index is 0.685. The SMILES string of the molecule is Cc1cn2c(CNC3CCCC(C)CC3)c(C)nc2s1. The topological polar surface area (TPSA) is 29.3 Å². The molecule has 0 aromatic carbocycles. The average molecular weight is 291 g/mol. The van der Waals surface area contributed by atoms with E-state index >= 15 is 0 Å². The Morgan fingerprint density at radius 1 is 1.30 bits per heavy atom. The molecule has 2 atom stereocenters. The number of imidazole rings is 1. The summed E-state index contributed by atoms with van der Waals surface area (Å²) >= 11 is 1.78. The molecule has 3 rings (SSSR count). The lowest BCUT2D eigenvalue weighted by molar-refractivity contribution is 0.444. The van der Waals surface area contributed by atoms with E-state index < -0.39 is 0 Å². The Morgan fingerprint density at radius 3 is 3.00 bits per heavy atom. The zero-order valence-corrected chi connectivity index (χ0v) is 13.6. The second kappa shape index (κ2) is 5.86. The van der Waals surface area contributed by atoms with Crippen LogP contribution in [0.4, 0.5) is 0 Å². The van der Waals surface area contributed by atoms with Crippen LogP contribution in [0.2, 0.25) is 0 Å². The Bertz CT molecular complexity index is 584. The van der Waals surface area contributed by atoms with E-state index in [9.17, 15) is 0 Å². The molecule has 0 saturated heterocycles. The van der Waals surface area contributed by atoms with Crippen LogP contribution in [0.25, 0.3) is 4.96 Å². The third kappa shape index (κ3) is 2.91. The molecule has 0 bridgehead atoms. The highest BCUT2D eigenvalue weighted by atomic mass is 32.1. The summed E-state index contributed by atoms with van der Waals surface area (Å²) in [6.07, 6.45) is 9.01. The summed E-state index contributed by atoms with van der Waals surface area (Å²) in [6, 6.07) is 0.685. The van der Waals surface area contributed by atoms with Crippen molar-refractivity contribution >= 4 is 16.3 Å². The number of thiazole rings is 1. The summed E-state index contributed by atoms with van der Waals surface area (Å²) in [5, 5.41) is 3.77. The first-order valence-electron chi connectivity index (χ1n) is 7.81. The molecule has 1 fully saturated rings. The molecule has 1 aliphatic rings. The van der Waals surface area contributed by atoms with Crippen LogP contribution in [0.3, 0.4) is 0 Å². The summed E-state index contributed by atoms with van der Waals surface area (Å²) in [7, 11) is 0. The molecule has 20 heavy (non-hydrogen) atoms. The van der Waals surface area contributed by atoms with Gasteiger partial charge in [-0.15, -0.1) is 11.3 Å². The average Bonchev–Trinajstić information content (AvgIpc) is 2.78. The van der Waals surface area contributed by atoms with Crippen molar-refractivity contribution in [2.24, 2.45) is 5.92 Å². The fraction of sp³-hybridized carbons (Fsp3) is 0.688. The Balaban J connectivity index is 1.68. The van der Waals surface area contributed by atoms with Gasteiger partial charge >= 0.3 is 0 Å². The lowest BCUT2D eigenvalue weighted by Crippen LogP contribution is -2.28. The van der Waals surface area contributed by atoms with E-state index in [-0.39, 0.29) is 0 Å². The van der Waals surface area contributed by atoms with E-state index in [4.69, 9.17) is 0 Å². The van der Waals surface area contributed by atoms with Crippen molar-refractivity contribution in [1.29, 1.82) is 0 Å². The molecule has 1 saturated carbocycles. The van der Waals surface area contributed by atoms with Crippen LogP contribution in [0, 0.1) is 19.8 Å². The van der Waals surface area contributed by atoms with Gasteiger partial charge in [0.15, 0.2) is 4.96 Å². The van der Waals surface area contributed by atoms with Crippen molar-refractivity contribution in [2.45, 2.75) is 65.5 Å². The molecule has 2 aromatic rings. The summed E-state index contributed by atoms with van der Waals surface area (Å²) in [4.78, 5) is 7.13. The molecule has 110 valence electrons. The largest absolute Gasteiger partial charge is 0.308 e. The highest BCUT2D eigenvalue weighted by Crippen LogP contribution is 2.24. The third-order valence-electron chi connectivity index (χ3n) is 4.56. The van der Waals surface area contributed by atoms with Gasteiger partial charge in [0, 0.05) is 23.7 Å². The van der Waals surface area contributed by atoms with Crippen LogP contribution >= 0.6 is 11.3 Å². The molecule has 0 spiro atoms. The fourth-order valence-corrected chi connectivity index (χ4v) is 4.14. The van der Waals surface area contributed by atoms with Crippen molar-refractivity contribution < 1.29 is 0 Å². The maximum absolute atomic E-state index is 4.67. The van der Waals surface area contributed by atoms with Gasteiger partial charge in [-0.3, -0.25) is 4.40 Å². The quantitative estimate of drug-likeness (QED) is 0.864. The highest BCUT2D eigenvalue weighted by Gasteiger charge is 2.17. The molecule has 2 unspecified atom stereocenters. The van der Waals surface area contributed by atoms with Crippen molar-refractivity contribution in [2.75, 3.05) is 0 Å². The van der Waals surface area contributed by atoms with E-state index in [1.165, 1.54) is 48.4 Å². The lowest BCUT2D eigenvalue weighted by Gasteiger charge is -2.16. The van der Waals surface area contributed by atoms with Crippen LogP contribution in [0.1, 0.15) is 55.3 Å². The molecule has 0 radical (unpaired) electrons. The van der Waals surface area contributed by atoms with Crippen LogP contribution in [0.15, 0.2) is 6.20 Å². The Hall–Kier alpha value is -0.870. The standard InChI is InChI=1S/C16H25N3S/c1-11-5-4-6-14(8-7-11)17-9-15-13(3)18-16-19(15)10-12(2)20-16/h10-11,14,17H,4-9H2,1-3H3. The number of nitrogens with one attached hydrogen (secondary N) is 1. The van der Waals surface area contributed by atoms with Gasteiger partial charge in [-0.05, 0) is 39.0 Å². The molecule has 2 heterocycles. The summed E-state index contributed by atoms with van der Waals surface area (Å²) in [6.45, 7) is 7.61. The van der Waals surface area contributed by atoms with E-state index in [0.717, 1.165) is 17.4 Å². The first kappa shape index (κ1) is 14.1. The number of aryl methyl sites for hydroxylation is 2. The second-order valence-electron chi connectivity index (χ2n) is 6.33. The maximum atomic E-state index is 4.67. The van der Waals surface area contributed by atoms with Gasteiger partial charge in [0.25, 0.3) is 0 Å². The number of hydrogen-bond donors (Lipinski definition) is 1. The molecule has 1 N–H and O–H groups in total. The van der Waals surface area contributed by atoms with E-state index in [0.29, 0.717) is 6.04 Å². The highest BCUT2D eigenvalue weighted by molar-refractivity contribution is 7.17. The zero-order chi connectivity index (χ0) is 14.1. The monoisotopic (exact) mass is 291 g/mol. The molecule has 2 aromatic heterocycles. The van der Waals surface area contributed by atoms with Crippen LogP contribution in [-0.4, -0.2) is 15.4 Å². The molecule has 4 heteroatoms. The number of aromatic nitrogens is 2. The molecule has 0 amide bonds. The van der Waals surface area contributed by atoms with Gasteiger partial charge < -0.3 is 5.32 Å². The van der Waals surface area contributed by atoms with Gasteiger partial charge in [0.05, 0.1) is 11.4 Å². The van der Waals surface area contributed by atoms with Crippen molar-refractivity contribution in [3.63, 3.8) is 0 Å². The van der Waals surface area contributed by atoms with Gasteiger partial charge in [0.2, 0.25) is 0 Å². The Morgan fingerprint density at radius 2 is 2.15 bits per heavy atom. The van der Waals surface area contributed by atoms with Crippen molar-refractivity contribution in [1.82, 2.24) is 14.7 Å². The van der Waals surface area contributed by atoms with E-state index in [1.54, 1.807) is 11.3 Å². The van der Waals surface area contributed by atoms with E-state index in [1.807, 2.05) is 0 Å². The normalized spacial score (nSPS) is 24.1. The summed E-state index contributed by atoms with van der Waals surface area (Å²) in [5.74, 6) is 0.907. The fourth-order valence-electron chi connectivity index (χ4n) is 3.25. The lowest BCUT2D eigenvalue weighted by atomic mass is 10.0. The molecule has 0 aliphatic heterocycles. The minimum absolute atomic E-state index is 0.685. The minimum Gasteiger partial charge on any atom is -0.308 e. The number of nitrogens with zero attached hydrogens (tertiary/aromatic N) is 2. The van der Waals surface area contributed by atoms with Gasteiger partial charge in [-0.25, -0.2) is 4.98 Å². The zero-order valence-electron chi connectivity index (χ0n) is 12.8. The van der Waals surface area contributed by atoms with Crippen LogP contribution in [-0.2, 0) is 6.54 Å². The van der Waals surface area contributed by atoms with Crippen LogP contribution in [0.5, 0.6) is 0 Å². The van der Waals surface area contributed by atoms with Crippen molar-refractivity contribution in [3.8, 4) is 0 Å². The molecular formula is C16H25N3S. The Kier molecular flexibility index (Phi) is 4.13. The second-order valence-corrected chi connectivity index (χ2v) is 7.54. The van der Waals surface area contributed by atoms with Gasteiger partial charge in [-0.1, -0.05) is 19.8 Å². The van der Waals surface area contributed by atoms with Crippen LogP contribution < -0.4 is 5.32 Å². The number of rotatable bonds is 3. The maximum Gasteiger partial charge on any atom is 0.194 e. The first-order valence-corrected chi connectivity index (χ1v) is 8.62. The molecule has 3 nitrogen and oxygen atoms in total. The van der Waals surface area contributed by atoms with Gasteiger partial charge in [-0.2, -0.15) is 0 Å². The third-order valence-corrected chi connectivity index (χ3v) is 5.45. The predicted octanol–water partition coefficient (Wildman–Crippen LogP) is 4.07.